The SMILES string of the molecule is CCOc1ccc(C)cc1C(O)C1CCCCS1(=O)=O. The maximum absolute atomic E-state index is 12.1. The fourth-order valence-electron chi connectivity index (χ4n) is 2.72. The van der Waals surface area contributed by atoms with Gasteiger partial charge in [0.2, 0.25) is 0 Å². The molecule has 1 heterocycles. The van der Waals surface area contributed by atoms with Gasteiger partial charge in [0.25, 0.3) is 0 Å². The van der Waals surface area contributed by atoms with E-state index in [4.69, 9.17) is 4.74 Å². The predicted molar refractivity (Wildman–Crippen MR) is 78.7 cm³/mol. The molecule has 0 aromatic heterocycles. The van der Waals surface area contributed by atoms with Crippen LogP contribution in [0.25, 0.3) is 0 Å². The molecule has 1 aliphatic heterocycles. The van der Waals surface area contributed by atoms with Gasteiger partial charge < -0.3 is 9.84 Å². The summed E-state index contributed by atoms with van der Waals surface area (Å²) in [7, 11) is -3.22. The molecule has 2 unspecified atom stereocenters. The Morgan fingerprint density at radius 3 is 2.80 bits per heavy atom. The van der Waals surface area contributed by atoms with Crippen LogP contribution in [0.3, 0.4) is 0 Å². The van der Waals surface area contributed by atoms with Crippen molar-refractivity contribution in [3.63, 3.8) is 0 Å². The van der Waals surface area contributed by atoms with Crippen LogP contribution in [0.15, 0.2) is 18.2 Å². The van der Waals surface area contributed by atoms with Gasteiger partial charge in [-0.25, -0.2) is 8.42 Å². The first-order valence-corrected chi connectivity index (χ1v) is 8.80. The summed E-state index contributed by atoms with van der Waals surface area (Å²) in [4.78, 5) is 0. The van der Waals surface area contributed by atoms with Crippen LogP contribution in [0, 0.1) is 6.92 Å². The summed E-state index contributed by atoms with van der Waals surface area (Å²) in [5.41, 5.74) is 1.57. The lowest BCUT2D eigenvalue weighted by Gasteiger charge is -2.28. The van der Waals surface area contributed by atoms with Crippen LogP contribution in [0.5, 0.6) is 5.75 Å². The van der Waals surface area contributed by atoms with Crippen molar-refractivity contribution in [1.82, 2.24) is 0 Å². The third-order valence-corrected chi connectivity index (χ3v) is 6.04. The van der Waals surface area contributed by atoms with E-state index >= 15 is 0 Å². The van der Waals surface area contributed by atoms with Crippen molar-refractivity contribution in [2.75, 3.05) is 12.4 Å². The highest BCUT2D eigenvalue weighted by Gasteiger charge is 2.36. The molecule has 20 heavy (non-hydrogen) atoms. The fourth-order valence-corrected chi connectivity index (χ4v) is 4.69. The number of hydrogen-bond acceptors (Lipinski definition) is 4. The molecule has 1 saturated heterocycles. The van der Waals surface area contributed by atoms with Gasteiger partial charge in [0.15, 0.2) is 9.84 Å². The number of ether oxygens (including phenoxy) is 1. The van der Waals surface area contributed by atoms with Crippen molar-refractivity contribution in [2.45, 2.75) is 44.5 Å². The number of aliphatic hydroxyl groups excluding tert-OH is 1. The molecule has 4 nitrogen and oxygen atoms in total. The van der Waals surface area contributed by atoms with Crippen molar-refractivity contribution in [3.8, 4) is 5.75 Å². The zero-order chi connectivity index (χ0) is 14.8. The highest BCUT2D eigenvalue weighted by molar-refractivity contribution is 7.92. The highest BCUT2D eigenvalue weighted by atomic mass is 32.2. The van der Waals surface area contributed by atoms with Crippen molar-refractivity contribution < 1.29 is 18.3 Å². The zero-order valence-electron chi connectivity index (χ0n) is 12.0. The van der Waals surface area contributed by atoms with Crippen LogP contribution in [-0.4, -0.2) is 31.1 Å². The average molecular weight is 298 g/mol. The normalized spacial score (nSPS) is 23.2. The summed E-state index contributed by atoms with van der Waals surface area (Å²) in [6.07, 6.45) is 1.04. The molecule has 1 aromatic carbocycles. The minimum absolute atomic E-state index is 0.171. The second-order valence-corrected chi connectivity index (χ2v) is 7.66. The van der Waals surface area contributed by atoms with E-state index in [1.807, 2.05) is 26.0 Å². The third kappa shape index (κ3) is 3.15. The molecule has 1 fully saturated rings. The van der Waals surface area contributed by atoms with Crippen LogP contribution in [0.4, 0.5) is 0 Å². The minimum Gasteiger partial charge on any atom is -0.493 e. The number of aryl methyl sites for hydroxylation is 1. The van der Waals surface area contributed by atoms with E-state index in [0.29, 0.717) is 30.8 Å². The zero-order valence-corrected chi connectivity index (χ0v) is 12.8. The Morgan fingerprint density at radius 2 is 2.15 bits per heavy atom. The summed E-state index contributed by atoms with van der Waals surface area (Å²) in [6, 6.07) is 5.52. The molecule has 2 atom stereocenters. The average Bonchev–Trinajstić information content (AvgIpc) is 2.40. The quantitative estimate of drug-likeness (QED) is 0.927. The molecule has 112 valence electrons. The topological polar surface area (TPSA) is 63.6 Å². The van der Waals surface area contributed by atoms with E-state index in [0.717, 1.165) is 12.0 Å². The molecule has 1 N–H and O–H groups in total. The molecule has 0 spiro atoms. The highest BCUT2D eigenvalue weighted by Crippen LogP contribution is 2.35. The second kappa shape index (κ2) is 6.14. The van der Waals surface area contributed by atoms with Gasteiger partial charge in [0, 0.05) is 5.56 Å². The molecule has 0 saturated carbocycles. The fraction of sp³-hybridized carbons (Fsp3) is 0.600. The van der Waals surface area contributed by atoms with Crippen LogP contribution >= 0.6 is 0 Å². The van der Waals surface area contributed by atoms with E-state index < -0.39 is 21.2 Å². The number of sulfone groups is 1. The van der Waals surface area contributed by atoms with Crippen molar-refractivity contribution >= 4 is 9.84 Å². The Labute approximate surface area is 120 Å². The van der Waals surface area contributed by atoms with E-state index in [1.165, 1.54) is 0 Å². The summed E-state index contributed by atoms with van der Waals surface area (Å²) >= 11 is 0. The standard InChI is InChI=1S/C15H22O4S/c1-3-19-13-8-7-11(2)10-12(13)15(16)14-6-4-5-9-20(14,17)18/h7-8,10,14-16H,3-6,9H2,1-2H3. The molecule has 0 amide bonds. The number of aliphatic hydroxyl groups is 1. The summed E-state index contributed by atoms with van der Waals surface area (Å²) in [5.74, 6) is 0.746. The first-order valence-electron chi connectivity index (χ1n) is 7.08. The smallest absolute Gasteiger partial charge is 0.156 e. The van der Waals surface area contributed by atoms with Crippen molar-refractivity contribution in [3.05, 3.63) is 29.3 Å². The molecule has 0 radical (unpaired) electrons. The lowest BCUT2D eigenvalue weighted by atomic mass is 9.99. The number of benzene rings is 1. The van der Waals surface area contributed by atoms with Gasteiger partial charge in [0.1, 0.15) is 5.75 Å². The molecular weight excluding hydrogens is 276 g/mol. The van der Waals surface area contributed by atoms with Crippen LogP contribution in [0.2, 0.25) is 0 Å². The summed E-state index contributed by atoms with van der Waals surface area (Å²) in [6.45, 7) is 4.27. The van der Waals surface area contributed by atoms with E-state index in [-0.39, 0.29) is 5.75 Å². The molecule has 1 aromatic rings. The molecule has 0 bridgehead atoms. The summed E-state index contributed by atoms with van der Waals surface area (Å²) < 4.78 is 29.8. The lowest BCUT2D eigenvalue weighted by Crippen LogP contribution is -2.34. The number of rotatable bonds is 4. The van der Waals surface area contributed by atoms with Crippen LogP contribution in [0.1, 0.15) is 43.4 Å². The van der Waals surface area contributed by atoms with Gasteiger partial charge in [-0.05, 0) is 38.8 Å². The molecule has 1 aliphatic rings. The van der Waals surface area contributed by atoms with E-state index in [9.17, 15) is 13.5 Å². The molecule has 5 heteroatoms. The monoisotopic (exact) mass is 298 g/mol. The van der Waals surface area contributed by atoms with Gasteiger partial charge in [0.05, 0.1) is 23.7 Å². The lowest BCUT2D eigenvalue weighted by molar-refractivity contribution is 0.159. The van der Waals surface area contributed by atoms with E-state index in [2.05, 4.69) is 0 Å². The van der Waals surface area contributed by atoms with Gasteiger partial charge in [-0.1, -0.05) is 18.1 Å². The predicted octanol–water partition coefficient (Wildman–Crippen LogP) is 2.39. The largest absolute Gasteiger partial charge is 0.493 e. The molecular formula is C15H22O4S. The first kappa shape index (κ1) is 15.3. The van der Waals surface area contributed by atoms with Gasteiger partial charge >= 0.3 is 0 Å². The molecule has 2 rings (SSSR count). The van der Waals surface area contributed by atoms with Gasteiger partial charge in [-0.15, -0.1) is 0 Å². The Balaban J connectivity index is 2.36. The minimum atomic E-state index is -3.22. The van der Waals surface area contributed by atoms with Gasteiger partial charge in [-0.2, -0.15) is 0 Å². The Hall–Kier alpha value is -1.07. The van der Waals surface area contributed by atoms with E-state index in [1.54, 1.807) is 6.07 Å². The second-order valence-electron chi connectivity index (χ2n) is 5.32. The third-order valence-electron chi connectivity index (χ3n) is 3.76. The first-order chi connectivity index (χ1) is 9.45. The van der Waals surface area contributed by atoms with Gasteiger partial charge in [-0.3, -0.25) is 0 Å². The van der Waals surface area contributed by atoms with Crippen LogP contribution in [-0.2, 0) is 9.84 Å². The maximum Gasteiger partial charge on any atom is 0.156 e. The number of hydrogen-bond donors (Lipinski definition) is 1. The van der Waals surface area contributed by atoms with Crippen molar-refractivity contribution in [1.29, 1.82) is 0 Å². The maximum atomic E-state index is 12.1. The Kier molecular flexibility index (Phi) is 4.70. The summed E-state index contributed by atoms with van der Waals surface area (Å²) in [5, 5.41) is 9.84. The Bertz CT molecular complexity index is 565. The van der Waals surface area contributed by atoms with Crippen molar-refractivity contribution in [2.24, 2.45) is 0 Å². The molecule has 0 aliphatic carbocycles. The van der Waals surface area contributed by atoms with Crippen LogP contribution < -0.4 is 4.74 Å². The Morgan fingerprint density at radius 1 is 1.40 bits per heavy atom.